The number of fused-ring (bicyclic) bond motifs is 1. The molecule has 0 amide bonds. The zero-order valence-electron chi connectivity index (χ0n) is 7.06. The SMILES string of the molecule is Cc1cccc2c1nc(N)n[n+]2[O-]. The first-order valence-corrected chi connectivity index (χ1v) is 3.81. The number of aryl methyl sites for hydroxylation is 1. The molecule has 5 heteroatoms. The average Bonchev–Trinajstić information content (AvgIpc) is 2.07. The summed E-state index contributed by atoms with van der Waals surface area (Å²) >= 11 is 0. The first kappa shape index (κ1) is 7.72. The van der Waals surface area contributed by atoms with Crippen LogP contribution in [0.1, 0.15) is 5.56 Å². The second-order valence-corrected chi connectivity index (χ2v) is 2.79. The van der Waals surface area contributed by atoms with Gasteiger partial charge in [0.25, 0.3) is 11.5 Å². The highest BCUT2D eigenvalue weighted by atomic mass is 16.5. The van der Waals surface area contributed by atoms with Gasteiger partial charge in [0.1, 0.15) is 5.52 Å². The molecule has 1 aromatic heterocycles. The smallest absolute Gasteiger partial charge is 0.288 e. The van der Waals surface area contributed by atoms with Crippen molar-refractivity contribution in [3.63, 3.8) is 0 Å². The van der Waals surface area contributed by atoms with Crippen molar-refractivity contribution in [3.05, 3.63) is 29.0 Å². The van der Waals surface area contributed by atoms with Crippen LogP contribution in [0.5, 0.6) is 0 Å². The molecule has 13 heavy (non-hydrogen) atoms. The van der Waals surface area contributed by atoms with Crippen molar-refractivity contribution in [2.75, 3.05) is 5.73 Å². The van der Waals surface area contributed by atoms with Crippen LogP contribution in [0.15, 0.2) is 18.2 Å². The van der Waals surface area contributed by atoms with Crippen molar-refractivity contribution < 1.29 is 4.85 Å². The lowest BCUT2D eigenvalue weighted by Gasteiger charge is -2.00. The molecular weight excluding hydrogens is 168 g/mol. The summed E-state index contributed by atoms with van der Waals surface area (Å²) in [4.78, 5) is 4.47. The zero-order valence-corrected chi connectivity index (χ0v) is 7.06. The number of anilines is 1. The third-order valence-corrected chi connectivity index (χ3v) is 1.84. The minimum absolute atomic E-state index is 0.00296. The third kappa shape index (κ3) is 1.14. The molecule has 0 aliphatic rings. The third-order valence-electron chi connectivity index (χ3n) is 1.84. The highest BCUT2D eigenvalue weighted by Crippen LogP contribution is 2.11. The minimum atomic E-state index is -0.00296. The Hall–Kier alpha value is -1.91. The van der Waals surface area contributed by atoms with Gasteiger partial charge in [-0.3, -0.25) is 0 Å². The van der Waals surface area contributed by atoms with Gasteiger partial charge in [0, 0.05) is 6.07 Å². The van der Waals surface area contributed by atoms with E-state index in [1.807, 2.05) is 13.0 Å². The van der Waals surface area contributed by atoms with Gasteiger partial charge in [-0.2, -0.15) is 0 Å². The van der Waals surface area contributed by atoms with Gasteiger partial charge in [-0.05, 0) is 17.3 Å². The summed E-state index contributed by atoms with van der Waals surface area (Å²) in [6.07, 6.45) is 0. The number of nitrogens with zero attached hydrogens (tertiary/aromatic N) is 3. The summed E-state index contributed by atoms with van der Waals surface area (Å²) < 4.78 is 0. The lowest BCUT2D eigenvalue weighted by atomic mass is 10.2. The highest BCUT2D eigenvalue weighted by Gasteiger charge is 2.09. The number of hydrogen-bond acceptors (Lipinski definition) is 4. The van der Waals surface area contributed by atoms with Crippen LogP contribution >= 0.6 is 0 Å². The molecule has 0 radical (unpaired) electrons. The van der Waals surface area contributed by atoms with Crippen LogP contribution in [-0.4, -0.2) is 10.1 Å². The second kappa shape index (κ2) is 2.55. The van der Waals surface area contributed by atoms with E-state index in [2.05, 4.69) is 10.1 Å². The number of hydrogen-bond donors (Lipinski definition) is 1. The van der Waals surface area contributed by atoms with Crippen molar-refractivity contribution >= 4 is 17.0 Å². The Morgan fingerprint density at radius 2 is 2.23 bits per heavy atom. The van der Waals surface area contributed by atoms with E-state index in [4.69, 9.17) is 5.73 Å². The van der Waals surface area contributed by atoms with Gasteiger partial charge in [-0.15, -0.1) is 0 Å². The lowest BCUT2D eigenvalue weighted by molar-refractivity contribution is -0.641. The number of nitrogens with two attached hydrogens (primary N) is 1. The van der Waals surface area contributed by atoms with E-state index in [0.717, 1.165) is 5.56 Å². The Labute approximate surface area is 74.4 Å². The summed E-state index contributed by atoms with van der Waals surface area (Å²) in [6, 6.07) is 5.31. The summed E-state index contributed by atoms with van der Waals surface area (Å²) in [6.45, 7) is 1.87. The van der Waals surface area contributed by atoms with Crippen molar-refractivity contribution in [1.82, 2.24) is 10.1 Å². The van der Waals surface area contributed by atoms with E-state index in [1.54, 1.807) is 12.1 Å². The molecule has 0 saturated carbocycles. The maximum atomic E-state index is 11.2. The fourth-order valence-electron chi connectivity index (χ4n) is 1.23. The van der Waals surface area contributed by atoms with Crippen LogP contribution in [0.2, 0.25) is 0 Å². The van der Waals surface area contributed by atoms with Crippen LogP contribution < -0.4 is 10.6 Å². The molecule has 66 valence electrons. The Kier molecular flexibility index (Phi) is 1.51. The van der Waals surface area contributed by atoms with Gasteiger partial charge in [0.05, 0.1) is 5.10 Å². The van der Waals surface area contributed by atoms with E-state index in [0.29, 0.717) is 15.9 Å². The molecule has 0 spiro atoms. The van der Waals surface area contributed by atoms with E-state index in [9.17, 15) is 5.21 Å². The maximum absolute atomic E-state index is 11.2. The molecule has 0 fully saturated rings. The molecule has 2 N–H and O–H groups in total. The van der Waals surface area contributed by atoms with Gasteiger partial charge < -0.3 is 10.9 Å². The van der Waals surface area contributed by atoms with Crippen LogP contribution in [-0.2, 0) is 0 Å². The molecule has 2 aromatic rings. The fourth-order valence-corrected chi connectivity index (χ4v) is 1.23. The molecule has 5 nitrogen and oxygen atoms in total. The predicted molar refractivity (Wildman–Crippen MR) is 47.6 cm³/mol. The number of benzene rings is 1. The van der Waals surface area contributed by atoms with Crippen molar-refractivity contribution in [2.45, 2.75) is 6.92 Å². The fraction of sp³-hybridized carbons (Fsp3) is 0.125. The minimum Gasteiger partial charge on any atom is -0.594 e. The Bertz CT molecular complexity index is 469. The predicted octanol–water partition coefficient (Wildman–Crippen LogP) is 0.154. The average molecular weight is 176 g/mol. The monoisotopic (exact) mass is 176 g/mol. The molecule has 0 bridgehead atoms. The molecule has 0 saturated heterocycles. The molecule has 0 atom stereocenters. The largest absolute Gasteiger partial charge is 0.594 e. The molecular formula is C8H8N4O. The molecule has 0 aliphatic carbocycles. The number of para-hydroxylation sites is 1. The first-order chi connectivity index (χ1) is 6.18. The standard InChI is InChI=1S/C8H8N4O/c1-5-3-2-4-6-7(5)10-8(9)11-12(6)13/h2-4H,1H3,(H2,9,10,11). The van der Waals surface area contributed by atoms with Gasteiger partial charge in [0.2, 0.25) is 0 Å². The zero-order chi connectivity index (χ0) is 9.42. The number of aromatic nitrogens is 3. The van der Waals surface area contributed by atoms with Crippen molar-refractivity contribution in [3.8, 4) is 0 Å². The Balaban J connectivity index is 2.94. The van der Waals surface area contributed by atoms with Crippen molar-refractivity contribution in [2.24, 2.45) is 0 Å². The molecule has 1 aromatic carbocycles. The quantitative estimate of drug-likeness (QED) is 0.458. The molecule has 1 heterocycles. The Morgan fingerprint density at radius 3 is 3.00 bits per heavy atom. The summed E-state index contributed by atoms with van der Waals surface area (Å²) in [7, 11) is 0. The number of nitrogen functional groups attached to an aromatic ring is 1. The van der Waals surface area contributed by atoms with Crippen LogP contribution in [0.4, 0.5) is 5.95 Å². The summed E-state index contributed by atoms with van der Waals surface area (Å²) in [5, 5.41) is 14.7. The molecule has 0 aliphatic heterocycles. The summed E-state index contributed by atoms with van der Waals surface area (Å²) in [5.41, 5.74) is 7.30. The normalized spacial score (nSPS) is 10.5. The second-order valence-electron chi connectivity index (χ2n) is 2.79. The van der Waals surface area contributed by atoms with Crippen LogP contribution in [0.3, 0.4) is 0 Å². The summed E-state index contributed by atoms with van der Waals surface area (Å²) in [5.74, 6) is -0.00296. The van der Waals surface area contributed by atoms with Gasteiger partial charge in [0.15, 0.2) is 0 Å². The molecule has 2 rings (SSSR count). The van der Waals surface area contributed by atoms with Crippen LogP contribution in [0.25, 0.3) is 11.0 Å². The number of rotatable bonds is 0. The van der Waals surface area contributed by atoms with Gasteiger partial charge in [-0.1, -0.05) is 12.1 Å². The van der Waals surface area contributed by atoms with Gasteiger partial charge in [-0.25, -0.2) is 4.98 Å². The van der Waals surface area contributed by atoms with Gasteiger partial charge >= 0.3 is 0 Å². The maximum Gasteiger partial charge on any atom is 0.288 e. The van der Waals surface area contributed by atoms with E-state index < -0.39 is 0 Å². The van der Waals surface area contributed by atoms with Crippen molar-refractivity contribution in [1.29, 1.82) is 0 Å². The van der Waals surface area contributed by atoms with E-state index in [1.165, 1.54) is 0 Å². The van der Waals surface area contributed by atoms with E-state index in [-0.39, 0.29) is 5.95 Å². The Morgan fingerprint density at radius 1 is 1.46 bits per heavy atom. The molecule has 0 unspecified atom stereocenters. The first-order valence-electron chi connectivity index (χ1n) is 3.81. The highest BCUT2D eigenvalue weighted by molar-refractivity contribution is 5.75. The van der Waals surface area contributed by atoms with Crippen LogP contribution in [0, 0.1) is 12.1 Å². The van der Waals surface area contributed by atoms with E-state index >= 15 is 0 Å². The topological polar surface area (TPSA) is 78.7 Å². The lowest BCUT2D eigenvalue weighted by Crippen LogP contribution is -2.33.